The van der Waals surface area contributed by atoms with Crippen molar-refractivity contribution in [2.75, 3.05) is 42.9 Å². The zero-order valence-electron chi connectivity index (χ0n) is 17.0. The third-order valence-electron chi connectivity index (χ3n) is 5.79. The van der Waals surface area contributed by atoms with Crippen LogP contribution in [0.3, 0.4) is 0 Å². The van der Waals surface area contributed by atoms with Crippen LogP contribution < -0.4 is 10.2 Å². The van der Waals surface area contributed by atoms with Gasteiger partial charge in [0.2, 0.25) is 5.91 Å². The highest BCUT2D eigenvalue weighted by Crippen LogP contribution is 2.33. The number of benzene rings is 2. The van der Waals surface area contributed by atoms with Crippen molar-refractivity contribution in [3.05, 3.63) is 59.2 Å². The normalized spacial score (nSPS) is 19.0. The lowest BCUT2D eigenvalue weighted by atomic mass is 10.0. The molecule has 0 saturated carbocycles. The minimum Gasteiger partial charge on any atom is -0.453 e. The summed E-state index contributed by atoms with van der Waals surface area (Å²) >= 11 is 0. The fourth-order valence-electron chi connectivity index (χ4n) is 4.14. The van der Waals surface area contributed by atoms with Crippen molar-refractivity contribution in [2.24, 2.45) is 0 Å². The summed E-state index contributed by atoms with van der Waals surface area (Å²) in [5.74, 6) is -0.523. The molecule has 0 spiro atoms. The fraction of sp³-hybridized carbons (Fsp3) is 0.391. The Bertz CT molecular complexity index is 919. The van der Waals surface area contributed by atoms with Gasteiger partial charge in [-0.05, 0) is 43.3 Å². The Balaban J connectivity index is 1.38. The number of cyclic esters (lactones) is 1. The van der Waals surface area contributed by atoms with Gasteiger partial charge in [0.1, 0.15) is 6.10 Å². The smallest absolute Gasteiger partial charge is 0.339 e. The molecule has 6 heteroatoms. The van der Waals surface area contributed by atoms with E-state index in [1.54, 1.807) is 12.1 Å². The van der Waals surface area contributed by atoms with Crippen molar-refractivity contribution in [2.45, 2.75) is 26.4 Å². The topological polar surface area (TPSA) is 61.9 Å². The third kappa shape index (κ3) is 4.12. The van der Waals surface area contributed by atoms with Gasteiger partial charge in [-0.3, -0.25) is 4.79 Å². The van der Waals surface area contributed by atoms with Crippen LogP contribution in [0.15, 0.2) is 42.5 Å². The molecule has 2 aromatic rings. The summed E-state index contributed by atoms with van der Waals surface area (Å²) < 4.78 is 5.37. The van der Waals surface area contributed by atoms with E-state index in [0.717, 1.165) is 49.5 Å². The van der Waals surface area contributed by atoms with Crippen LogP contribution in [-0.2, 0) is 9.53 Å². The molecule has 2 aliphatic heterocycles. The van der Waals surface area contributed by atoms with Crippen LogP contribution in [0.2, 0.25) is 0 Å². The minimum atomic E-state index is -0.520. The van der Waals surface area contributed by atoms with Gasteiger partial charge in [0.05, 0.1) is 12.0 Å². The Kier molecular flexibility index (Phi) is 5.53. The number of ether oxygens (including phenoxy) is 1. The lowest BCUT2D eigenvalue weighted by Crippen LogP contribution is -2.46. The molecule has 29 heavy (non-hydrogen) atoms. The number of carbonyl (C=O) groups excluding carboxylic acids is 2. The second-order valence-corrected chi connectivity index (χ2v) is 7.66. The lowest BCUT2D eigenvalue weighted by molar-refractivity contribution is -0.118. The summed E-state index contributed by atoms with van der Waals surface area (Å²) in [4.78, 5) is 29.3. The predicted molar refractivity (Wildman–Crippen MR) is 113 cm³/mol. The summed E-state index contributed by atoms with van der Waals surface area (Å²) in [5, 5.41) is 2.94. The molecule has 4 rings (SSSR count). The highest BCUT2D eigenvalue weighted by molar-refractivity contribution is 5.96. The Hall–Kier alpha value is -2.86. The summed E-state index contributed by atoms with van der Waals surface area (Å²) in [5.41, 5.74) is 4.46. The van der Waals surface area contributed by atoms with Gasteiger partial charge in [0, 0.05) is 43.1 Å². The average Bonchev–Trinajstić information content (AvgIpc) is 3.04. The Morgan fingerprint density at radius 1 is 1.14 bits per heavy atom. The summed E-state index contributed by atoms with van der Waals surface area (Å²) in [7, 11) is 0. The zero-order valence-corrected chi connectivity index (χ0v) is 17.0. The second-order valence-electron chi connectivity index (χ2n) is 7.66. The number of hydrogen-bond acceptors (Lipinski definition) is 5. The van der Waals surface area contributed by atoms with Crippen LogP contribution in [0.25, 0.3) is 0 Å². The number of nitrogens with one attached hydrogen (secondary N) is 1. The fourth-order valence-corrected chi connectivity index (χ4v) is 4.14. The van der Waals surface area contributed by atoms with Gasteiger partial charge >= 0.3 is 5.97 Å². The molecule has 0 radical (unpaired) electrons. The predicted octanol–water partition coefficient (Wildman–Crippen LogP) is 3.38. The van der Waals surface area contributed by atoms with E-state index in [1.165, 1.54) is 5.69 Å². The number of carbonyl (C=O) groups is 2. The molecular weight excluding hydrogens is 366 g/mol. The first-order chi connectivity index (χ1) is 14.0. The van der Waals surface area contributed by atoms with Crippen molar-refractivity contribution in [3.63, 3.8) is 0 Å². The van der Waals surface area contributed by atoms with Gasteiger partial charge in [-0.2, -0.15) is 0 Å². The maximum absolute atomic E-state index is 12.5. The average molecular weight is 393 g/mol. The van der Waals surface area contributed by atoms with E-state index in [9.17, 15) is 9.59 Å². The number of amides is 1. The quantitative estimate of drug-likeness (QED) is 0.789. The Labute approximate surface area is 171 Å². The van der Waals surface area contributed by atoms with E-state index in [0.29, 0.717) is 5.56 Å². The molecule has 1 saturated heterocycles. The molecule has 1 N–H and O–H groups in total. The van der Waals surface area contributed by atoms with Gasteiger partial charge in [-0.15, -0.1) is 0 Å². The molecule has 6 nitrogen and oxygen atoms in total. The highest BCUT2D eigenvalue weighted by atomic mass is 16.5. The number of hydrogen-bond donors (Lipinski definition) is 1. The first-order valence-electron chi connectivity index (χ1n) is 10.2. The van der Waals surface area contributed by atoms with Crippen molar-refractivity contribution in [1.29, 1.82) is 0 Å². The van der Waals surface area contributed by atoms with Gasteiger partial charge in [0.15, 0.2) is 0 Å². The number of likely N-dealkylation sites (N-methyl/N-ethyl adjacent to an activating group) is 1. The zero-order chi connectivity index (χ0) is 20.4. The molecule has 2 aromatic carbocycles. The molecule has 2 heterocycles. The Morgan fingerprint density at radius 2 is 1.90 bits per heavy atom. The van der Waals surface area contributed by atoms with Crippen LogP contribution in [-0.4, -0.2) is 49.5 Å². The number of nitrogens with zero attached hydrogens (tertiary/aromatic N) is 2. The molecule has 152 valence electrons. The van der Waals surface area contributed by atoms with Crippen LogP contribution in [0.4, 0.5) is 11.4 Å². The summed E-state index contributed by atoms with van der Waals surface area (Å²) in [6.45, 7) is 9.57. The summed E-state index contributed by atoms with van der Waals surface area (Å²) in [6, 6.07) is 13.3. The number of piperazine rings is 1. The van der Waals surface area contributed by atoms with Gasteiger partial charge in [0.25, 0.3) is 0 Å². The largest absolute Gasteiger partial charge is 0.453 e. The van der Waals surface area contributed by atoms with Gasteiger partial charge in [-0.1, -0.05) is 25.1 Å². The van der Waals surface area contributed by atoms with Crippen LogP contribution >= 0.6 is 0 Å². The molecule has 0 unspecified atom stereocenters. The first kappa shape index (κ1) is 19.5. The molecule has 0 bridgehead atoms. The molecule has 0 aliphatic carbocycles. The van der Waals surface area contributed by atoms with Crippen LogP contribution in [0.5, 0.6) is 0 Å². The highest BCUT2D eigenvalue weighted by Gasteiger charge is 2.32. The van der Waals surface area contributed by atoms with E-state index >= 15 is 0 Å². The number of fused-ring (bicyclic) bond motifs is 1. The number of esters is 1. The number of rotatable bonds is 5. The number of aryl methyl sites for hydroxylation is 1. The maximum atomic E-state index is 12.5. The molecule has 1 atom stereocenters. The molecular formula is C23H27N3O3. The van der Waals surface area contributed by atoms with Crippen LogP contribution in [0.1, 0.15) is 40.9 Å². The van der Waals surface area contributed by atoms with E-state index in [1.807, 2.05) is 24.3 Å². The number of anilines is 2. The molecule has 1 amide bonds. The monoisotopic (exact) mass is 393 g/mol. The minimum absolute atomic E-state index is 0.114. The van der Waals surface area contributed by atoms with Crippen molar-refractivity contribution in [1.82, 2.24) is 4.90 Å². The molecule has 0 aromatic heterocycles. The third-order valence-corrected chi connectivity index (χ3v) is 5.79. The standard InChI is InChI=1S/C23H27N3O3/c1-3-25-10-12-26(13-11-25)20-9-8-17(14-16(20)2)24-22(27)15-21-18-6-4-5-7-19(18)23(28)29-21/h4-9,14,21H,3,10-13,15H2,1-2H3,(H,24,27)/t21-/m0/s1. The van der Waals surface area contributed by atoms with Crippen molar-refractivity contribution in [3.8, 4) is 0 Å². The van der Waals surface area contributed by atoms with Crippen molar-refractivity contribution < 1.29 is 14.3 Å². The van der Waals surface area contributed by atoms with Gasteiger partial charge in [-0.25, -0.2) is 4.79 Å². The van der Waals surface area contributed by atoms with Crippen molar-refractivity contribution >= 4 is 23.3 Å². The van der Waals surface area contributed by atoms with Crippen LogP contribution in [0, 0.1) is 6.92 Å². The van der Waals surface area contributed by atoms with Gasteiger partial charge < -0.3 is 19.9 Å². The SMILES string of the molecule is CCN1CCN(c2ccc(NC(=O)C[C@@H]3OC(=O)c4ccccc43)cc2C)CC1. The summed E-state index contributed by atoms with van der Waals surface area (Å²) in [6.07, 6.45) is -0.406. The molecule has 2 aliphatic rings. The first-order valence-corrected chi connectivity index (χ1v) is 10.2. The lowest BCUT2D eigenvalue weighted by Gasteiger charge is -2.36. The van der Waals surface area contributed by atoms with E-state index in [-0.39, 0.29) is 18.3 Å². The van der Waals surface area contributed by atoms with E-state index < -0.39 is 6.10 Å². The molecule has 1 fully saturated rings. The maximum Gasteiger partial charge on any atom is 0.339 e. The second kappa shape index (κ2) is 8.25. The Morgan fingerprint density at radius 3 is 2.62 bits per heavy atom. The van der Waals surface area contributed by atoms with E-state index in [2.05, 4.69) is 35.0 Å². The van der Waals surface area contributed by atoms with E-state index in [4.69, 9.17) is 4.74 Å².